The second-order valence-corrected chi connectivity index (χ2v) is 15.8. The molecule has 0 spiro atoms. The van der Waals surface area contributed by atoms with E-state index in [1.807, 2.05) is 49.6 Å². The third-order valence-corrected chi connectivity index (χ3v) is 12.5. The lowest BCUT2D eigenvalue weighted by atomic mass is 10.1. The molecule has 14 aromatic rings. The zero-order valence-electron chi connectivity index (χ0n) is 32.9. The molecule has 0 aliphatic rings. The molecule has 0 fully saturated rings. The molecule has 10 nitrogen and oxygen atoms in total. The first-order valence-corrected chi connectivity index (χ1v) is 20.6. The summed E-state index contributed by atoms with van der Waals surface area (Å²) in [5.41, 5.74) is 16.6. The molecular formula is C52H32N10. The Morgan fingerprint density at radius 3 is 0.742 bits per heavy atom. The van der Waals surface area contributed by atoms with E-state index in [-0.39, 0.29) is 0 Å². The van der Waals surface area contributed by atoms with Crippen molar-refractivity contribution in [3.05, 3.63) is 195 Å². The van der Waals surface area contributed by atoms with E-state index in [4.69, 9.17) is 19.9 Å². The number of fused-ring (bicyclic) bond motifs is 10. The van der Waals surface area contributed by atoms with Gasteiger partial charge >= 0.3 is 0 Å². The second kappa shape index (κ2) is 12.4. The predicted molar refractivity (Wildman–Crippen MR) is 248 cm³/mol. The van der Waals surface area contributed by atoms with Crippen molar-refractivity contribution in [3.63, 3.8) is 0 Å². The van der Waals surface area contributed by atoms with Crippen LogP contribution in [0, 0.1) is 0 Å². The first kappa shape index (κ1) is 33.1. The van der Waals surface area contributed by atoms with E-state index in [0.717, 1.165) is 110 Å². The molecule has 0 saturated heterocycles. The van der Waals surface area contributed by atoms with Crippen LogP contribution in [0.5, 0.6) is 0 Å². The molecule has 0 aliphatic carbocycles. The Hall–Kier alpha value is -8.76. The fourth-order valence-electron chi connectivity index (χ4n) is 9.65. The number of hydrogen-bond acceptors (Lipinski definition) is 4. The van der Waals surface area contributed by atoms with Crippen LogP contribution in [0.3, 0.4) is 0 Å². The highest BCUT2D eigenvalue weighted by Gasteiger charge is 2.21. The van der Waals surface area contributed by atoms with Crippen molar-refractivity contribution in [2.24, 2.45) is 0 Å². The predicted octanol–water partition coefficient (Wildman–Crippen LogP) is 11.6. The van der Waals surface area contributed by atoms with Gasteiger partial charge in [0, 0.05) is 44.3 Å². The summed E-state index contributed by atoms with van der Waals surface area (Å²) in [4.78, 5) is 19.0. The first-order valence-electron chi connectivity index (χ1n) is 20.6. The molecule has 10 heteroatoms. The van der Waals surface area contributed by atoms with Gasteiger partial charge in [-0.1, -0.05) is 48.5 Å². The summed E-state index contributed by atoms with van der Waals surface area (Å²) in [7, 11) is 0. The summed E-state index contributed by atoms with van der Waals surface area (Å²) in [5.74, 6) is 0. The average molecular weight is 797 g/mol. The van der Waals surface area contributed by atoms with Crippen LogP contribution in [-0.2, 0) is 0 Å². The van der Waals surface area contributed by atoms with Crippen LogP contribution in [0.1, 0.15) is 0 Å². The molecule has 14 rings (SSSR count). The maximum absolute atomic E-state index is 4.74. The molecule has 8 aromatic carbocycles. The van der Waals surface area contributed by atoms with E-state index in [1.165, 1.54) is 0 Å². The lowest BCUT2D eigenvalue weighted by molar-refractivity contribution is 0.774. The normalized spacial score (nSPS) is 12.2. The summed E-state index contributed by atoms with van der Waals surface area (Å²) in [6, 6.07) is 60.1. The van der Waals surface area contributed by atoms with Crippen molar-refractivity contribution in [3.8, 4) is 22.7 Å². The highest BCUT2D eigenvalue weighted by molar-refractivity contribution is 6.13. The Morgan fingerprint density at radius 2 is 0.484 bits per heavy atom. The number of para-hydroxylation sites is 8. The van der Waals surface area contributed by atoms with Gasteiger partial charge in [-0.25, -0.2) is 29.3 Å². The van der Waals surface area contributed by atoms with Crippen molar-refractivity contribution >= 4 is 87.7 Å². The molecule has 0 saturated carbocycles. The SMILES string of the molecule is c1ccc2c(c1)ncn2-c1ccc2c(c1)c1cc(-n3cnc4ccccc43)ccc1n2-n1c2ccc(-n3cnc4ccccc43)cc2c2cc(-n3cnc4ccccc43)ccc21. The van der Waals surface area contributed by atoms with Crippen molar-refractivity contribution in [2.75, 3.05) is 0 Å². The summed E-state index contributed by atoms with van der Waals surface area (Å²) in [5, 5.41) is 4.50. The smallest absolute Gasteiger partial charge is 0.100 e. The zero-order chi connectivity index (χ0) is 40.5. The molecule has 62 heavy (non-hydrogen) atoms. The topological polar surface area (TPSA) is 81.1 Å². The molecule has 0 atom stereocenters. The first-order chi connectivity index (χ1) is 30.7. The van der Waals surface area contributed by atoms with Gasteiger partial charge < -0.3 is 0 Å². The molecule has 0 N–H and O–H groups in total. The van der Waals surface area contributed by atoms with Crippen LogP contribution in [0.2, 0.25) is 0 Å². The van der Waals surface area contributed by atoms with Gasteiger partial charge in [-0.05, 0) is 121 Å². The van der Waals surface area contributed by atoms with Gasteiger partial charge in [-0.2, -0.15) is 0 Å². The standard InChI is InChI=1S/C52H32N10/c1-5-13-49-41(9-1)53-29-57(49)33-17-21-45-37(25-33)38-26-34(58-30-54-42-10-2-6-14-50(42)58)18-22-46(38)61(45)62-47-23-19-35(59-31-55-43-11-3-7-15-51(43)59)27-39(47)40-28-36(20-24-48(40)62)60-32-56-44-12-4-8-16-52(44)60/h1-32H. The molecule has 0 amide bonds. The molecule has 0 radical (unpaired) electrons. The number of benzene rings is 8. The Balaban J connectivity index is 1.07. The third kappa shape index (κ3) is 4.62. The van der Waals surface area contributed by atoms with Crippen LogP contribution in [0.25, 0.3) is 110 Å². The van der Waals surface area contributed by atoms with E-state index in [1.54, 1.807) is 0 Å². The van der Waals surface area contributed by atoms with Gasteiger partial charge in [-0.3, -0.25) is 18.3 Å². The van der Waals surface area contributed by atoms with Crippen molar-refractivity contribution in [1.29, 1.82) is 0 Å². The molecule has 0 aliphatic heterocycles. The van der Waals surface area contributed by atoms with E-state index in [9.17, 15) is 0 Å². The fraction of sp³-hybridized carbons (Fsp3) is 0. The second-order valence-electron chi connectivity index (χ2n) is 15.8. The summed E-state index contributed by atoms with van der Waals surface area (Å²) in [6.07, 6.45) is 7.68. The maximum Gasteiger partial charge on any atom is 0.100 e. The minimum atomic E-state index is 0.959. The van der Waals surface area contributed by atoms with E-state index in [2.05, 4.69) is 173 Å². The van der Waals surface area contributed by atoms with Gasteiger partial charge in [0.1, 0.15) is 25.3 Å². The average Bonchev–Trinajstić information content (AvgIpc) is 4.19. The number of aromatic nitrogens is 10. The van der Waals surface area contributed by atoms with Crippen LogP contribution < -0.4 is 0 Å². The van der Waals surface area contributed by atoms with E-state index in [0.29, 0.717) is 0 Å². The summed E-state index contributed by atoms with van der Waals surface area (Å²) < 4.78 is 13.5. The minimum Gasteiger partial charge on any atom is -0.299 e. The Morgan fingerprint density at radius 1 is 0.242 bits per heavy atom. The zero-order valence-corrected chi connectivity index (χ0v) is 32.9. The number of nitrogens with zero attached hydrogens (tertiary/aromatic N) is 10. The minimum absolute atomic E-state index is 0.959. The van der Waals surface area contributed by atoms with Gasteiger partial charge in [0.05, 0.1) is 66.2 Å². The molecule has 6 heterocycles. The van der Waals surface area contributed by atoms with Crippen molar-refractivity contribution in [1.82, 2.24) is 47.6 Å². The maximum atomic E-state index is 4.74. The Kier molecular flexibility index (Phi) is 6.61. The van der Waals surface area contributed by atoms with E-state index >= 15 is 0 Å². The molecular weight excluding hydrogens is 765 g/mol. The fourth-order valence-corrected chi connectivity index (χ4v) is 9.65. The van der Waals surface area contributed by atoms with Gasteiger partial charge in [0.2, 0.25) is 0 Å². The van der Waals surface area contributed by atoms with E-state index < -0.39 is 0 Å². The Labute approximate surface area is 352 Å². The van der Waals surface area contributed by atoms with Gasteiger partial charge in [0.15, 0.2) is 0 Å². The van der Waals surface area contributed by atoms with Gasteiger partial charge in [-0.15, -0.1) is 0 Å². The van der Waals surface area contributed by atoms with Crippen LogP contribution in [0.4, 0.5) is 0 Å². The lowest BCUT2D eigenvalue weighted by Gasteiger charge is -2.14. The van der Waals surface area contributed by atoms with Crippen molar-refractivity contribution < 1.29 is 0 Å². The van der Waals surface area contributed by atoms with Gasteiger partial charge in [0.25, 0.3) is 0 Å². The Bertz CT molecular complexity index is 3600. The molecule has 0 unspecified atom stereocenters. The number of hydrogen-bond donors (Lipinski definition) is 0. The largest absolute Gasteiger partial charge is 0.299 e. The molecule has 290 valence electrons. The number of rotatable bonds is 5. The summed E-state index contributed by atoms with van der Waals surface area (Å²) >= 11 is 0. The van der Waals surface area contributed by atoms with Crippen LogP contribution in [-0.4, -0.2) is 47.6 Å². The molecule has 0 bridgehead atoms. The highest BCUT2D eigenvalue weighted by Crippen LogP contribution is 2.39. The highest BCUT2D eigenvalue weighted by atomic mass is 15.5. The summed E-state index contributed by atoms with van der Waals surface area (Å²) in [6.45, 7) is 0. The van der Waals surface area contributed by atoms with Crippen LogP contribution >= 0.6 is 0 Å². The molecule has 6 aromatic heterocycles. The lowest BCUT2D eigenvalue weighted by Crippen LogP contribution is -2.08. The number of imidazole rings is 4. The third-order valence-electron chi connectivity index (χ3n) is 12.5. The van der Waals surface area contributed by atoms with Crippen LogP contribution in [0.15, 0.2) is 195 Å². The monoisotopic (exact) mass is 796 g/mol. The van der Waals surface area contributed by atoms with Crippen molar-refractivity contribution in [2.45, 2.75) is 0 Å². The quantitative estimate of drug-likeness (QED) is 0.174.